The van der Waals surface area contributed by atoms with Crippen molar-refractivity contribution >= 4 is 29.4 Å². The van der Waals surface area contributed by atoms with E-state index < -0.39 is 40.2 Å². The maximum Gasteiger partial charge on any atom is 0.416 e. The number of nitro groups is 1. The van der Waals surface area contributed by atoms with Crippen molar-refractivity contribution in [3.05, 3.63) is 74.3 Å². The van der Waals surface area contributed by atoms with E-state index in [0.29, 0.717) is 12.4 Å². The molecule has 1 N–H and O–H groups in total. The number of aldehydes is 1. The minimum absolute atomic E-state index is 0.0231. The van der Waals surface area contributed by atoms with Gasteiger partial charge in [-0.25, -0.2) is 4.79 Å². The Morgan fingerprint density at radius 3 is 2.50 bits per heavy atom. The number of rotatable bonds is 8. The molecule has 0 aromatic heterocycles. The largest absolute Gasteiger partial charge is 0.479 e. The number of aliphatic carboxylic acids is 1. The maximum atomic E-state index is 13.1. The third-order valence-electron chi connectivity index (χ3n) is 5.14. The van der Waals surface area contributed by atoms with Gasteiger partial charge in [0.15, 0.2) is 0 Å². The Morgan fingerprint density at radius 1 is 1.47 bits per heavy atom. The lowest BCUT2D eigenvalue weighted by molar-refractivity contribution is -0.529. The fourth-order valence-corrected chi connectivity index (χ4v) is 4.07. The van der Waals surface area contributed by atoms with E-state index in [0.717, 1.165) is 18.2 Å². The van der Waals surface area contributed by atoms with Gasteiger partial charge in [0, 0.05) is 27.7 Å². The molecule has 0 radical (unpaired) electrons. The lowest BCUT2D eigenvalue weighted by Crippen LogP contribution is -2.56. The van der Waals surface area contributed by atoms with Crippen molar-refractivity contribution in [3.63, 3.8) is 0 Å². The predicted molar refractivity (Wildman–Crippen MR) is 110 cm³/mol. The zero-order valence-corrected chi connectivity index (χ0v) is 17.7. The summed E-state index contributed by atoms with van der Waals surface area (Å²) in [4.78, 5) is 35.0. The van der Waals surface area contributed by atoms with Crippen LogP contribution in [0, 0.1) is 16.0 Å². The maximum absolute atomic E-state index is 13.1. The zero-order valence-electron chi connectivity index (χ0n) is 17.0. The van der Waals surface area contributed by atoms with E-state index in [2.05, 4.69) is 6.58 Å². The Bertz CT molecular complexity index is 1020. The predicted octanol–water partition coefficient (Wildman–Crippen LogP) is 4.58. The number of hydrogen-bond acceptors (Lipinski definition) is 5. The fourth-order valence-electron chi connectivity index (χ4n) is 3.78. The summed E-state index contributed by atoms with van der Waals surface area (Å²) < 4.78 is 44.6. The Kier molecular flexibility index (Phi) is 7.31. The molecule has 3 unspecified atom stereocenters. The van der Waals surface area contributed by atoms with Gasteiger partial charge in [-0.1, -0.05) is 23.7 Å². The first-order valence-electron chi connectivity index (χ1n) is 9.25. The van der Waals surface area contributed by atoms with E-state index in [1.54, 1.807) is 0 Å². The smallest absolute Gasteiger partial charge is 0.416 e. The molecule has 1 aliphatic carbocycles. The molecule has 0 saturated heterocycles. The molecule has 1 aromatic carbocycles. The number of nitrogens with zero attached hydrogens (tertiary/aromatic N) is 1. The molecule has 0 fully saturated rings. The topological polar surface area (TPSA) is 107 Å². The third kappa shape index (κ3) is 4.33. The molecule has 3 atom stereocenters. The summed E-state index contributed by atoms with van der Waals surface area (Å²) in [6.45, 7) is 6.01. The molecule has 2 rings (SSSR count). The van der Waals surface area contributed by atoms with Gasteiger partial charge in [-0.2, -0.15) is 13.2 Å². The summed E-state index contributed by atoms with van der Waals surface area (Å²) in [5.41, 5.74) is -3.73. The van der Waals surface area contributed by atoms with Crippen LogP contribution in [-0.4, -0.2) is 40.5 Å². The molecule has 0 heterocycles. The van der Waals surface area contributed by atoms with E-state index >= 15 is 0 Å². The van der Waals surface area contributed by atoms with E-state index in [9.17, 15) is 38.0 Å². The van der Waals surface area contributed by atoms with Crippen molar-refractivity contribution in [2.24, 2.45) is 5.92 Å². The summed E-state index contributed by atoms with van der Waals surface area (Å²) in [6, 6.07) is 0.494. The average molecular weight is 474 g/mol. The van der Waals surface area contributed by atoms with Gasteiger partial charge in [-0.05, 0) is 43.2 Å². The van der Waals surface area contributed by atoms with Crippen LogP contribution in [0.15, 0.2) is 48.1 Å². The minimum Gasteiger partial charge on any atom is -0.479 e. The van der Waals surface area contributed by atoms with Crippen molar-refractivity contribution in [2.45, 2.75) is 31.7 Å². The highest BCUT2D eigenvalue weighted by Gasteiger charge is 2.58. The molecule has 0 aliphatic heterocycles. The number of carbonyl (C=O) groups is 2. The zero-order chi connectivity index (χ0) is 24.4. The Labute approximate surface area is 186 Å². The van der Waals surface area contributed by atoms with Gasteiger partial charge < -0.3 is 14.6 Å². The molecule has 32 heavy (non-hydrogen) atoms. The number of alkyl halides is 3. The van der Waals surface area contributed by atoms with Crippen LogP contribution in [0.5, 0.6) is 0 Å². The van der Waals surface area contributed by atoms with Crippen molar-refractivity contribution in [2.75, 3.05) is 6.61 Å². The SMILES string of the molecule is C=CC(C=O)C1=C(C)C([N+](=O)[O-])C(OCC)(C(=O)O)C=C1c1ccc(C(F)(F)F)cc1Cl. The van der Waals surface area contributed by atoms with Crippen LogP contribution >= 0.6 is 11.6 Å². The normalized spacial score (nSPS) is 22.2. The highest BCUT2D eigenvalue weighted by atomic mass is 35.5. The van der Waals surface area contributed by atoms with Gasteiger partial charge >= 0.3 is 12.1 Å². The van der Waals surface area contributed by atoms with Crippen LogP contribution in [-0.2, 0) is 20.5 Å². The highest BCUT2D eigenvalue weighted by Crippen LogP contribution is 2.45. The number of ether oxygens (including phenoxy) is 1. The second-order valence-corrected chi connectivity index (χ2v) is 7.37. The lowest BCUT2D eigenvalue weighted by atomic mass is 9.72. The molecular formula is C21H19ClF3NO6. The number of carboxylic acid groups (broad SMARTS) is 1. The van der Waals surface area contributed by atoms with Gasteiger partial charge in [-0.3, -0.25) is 10.1 Å². The number of carbonyl (C=O) groups excluding carboxylic acids is 1. The molecule has 11 heteroatoms. The Morgan fingerprint density at radius 2 is 2.09 bits per heavy atom. The van der Waals surface area contributed by atoms with Crippen molar-refractivity contribution in [1.82, 2.24) is 0 Å². The van der Waals surface area contributed by atoms with Crippen molar-refractivity contribution < 1.29 is 37.5 Å². The monoisotopic (exact) mass is 473 g/mol. The van der Waals surface area contributed by atoms with Gasteiger partial charge in [0.1, 0.15) is 6.29 Å². The van der Waals surface area contributed by atoms with E-state index in [1.807, 2.05) is 0 Å². The van der Waals surface area contributed by atoms with Gasteiger partial charge in [0.2, 0.25) is 0 Å². The second-order valence-electron chi connectivity index (χ2n) is 6.96. The van der Waals surface area contributed by atoms with E-state index in [-0.39, 0.29) is 33.9 Å². The summed E-state index contributed by atoms with van der Waals surface area (Å²) in [6.07, 6.45) is -2.13. The number of benzene rings is 1. The van der Waals surface area contributed by atoms with Crippen LogP contribution in [0.1, 0.15) is 25.0 Å². The highest BCUT2D eigenvalue weighted by molar-refractivity contribution is 6.32. The number of hydrogen-bond donors (Lipinski definition) is 1. The van der Waals surface area contributed by atoms with Crippen molar-refractivity contribution in [3.8, 4) is 0 Å². The average Bonchev–Trinajstić information content (AvgIpc) is 2.69. The quantitative estimate of drug-likeness (QED) is 0.256. The number of carboxylic acids is 1. The number of allylic oxidation sites excluding steroid dienone is 3. The van der Waals surface area contributed by atoms with E-state index in [4.69, 9.17) is 16.3 Å². The molecule has 1 aliphatic rings. The molecule has 0 saturated carbocycles. The molecule has 0 bridgehead atoms. The molecular weight excluding hydrogens is 455 g/mol. The summed E-state index contributed by atoms with van der Waals surface area (Å²) in [5, 5.41) is 21.4. The van der Waals surface area contributed by atoms with Crippen LogP contribution in [0.2, 0.25) is 5.02 Å². The first-order chi connectivity index (χ1) is 14.8. The van der Waals surface area contributed by atoms with Crippen LogP contribution in [0.3, 0.4) is 0 Å². The molecule has 7 nitrogen and oxygen atoms in total. The summed E-state index contributed by atoms with van der Waals surface area (Å²) in [5.74, 6) is -2.79. The summed E-state index contributed by atoms with van der Waals surface area (Å²) in [7, 11) is 0. The van der Waals surface area contributed by atoms with Gasteiger partial charge in [0.05, 0.1) is 11.5 Å². The Balaban J connectivity index is 2.95. The number of halogens is 4. The lowest BCUT2D eigenvalue weighted by Gasteiger charge is -2.36. The minimum atomic E-state index is -4.68. The van der Waals surface area contributed by atoms with Gasteiger partial charge in [-0.15, -0.1) is 6.58 Å². The molecule has 172 valence electrons. The van der Waals surface area contributed by atoms with E-state index in [1.165, 1.54) is 19.9 Å². The molecule has 0 spiro atoms. The fraction of sp³-hybridized carbons (Fsp3) is 0.333. The second kappa shape index (κ2) is 9.25. The standard InChI is InChI=1S/C21H19ClF3NO6/c1-4-12(10-27)17-11(3)18(26(30)31)20(19(28)29,32-5-2)9-15(17)14-7-6-13(8-16(14)22)21(23,24)25/h4,6-10,12,18H,1,5H2,2-3H3,(H,28,29). The van der Waals surface area contributed by atoms with Gasteiger partial charge in [0.25, 0.3) is 11.6 Å². The Hall–Kier alpha value is -2.98. The first-order valence-corrected chi connectivity index (χ1v) is 9.63. The summed E-state index contributed by atoms with van der Waals surface area (Å²) >= 11 is 6.12. The van der Waals surface area contributed by atoms with Crippen LogP contribution in [0.4, 0.5) is 13.2 Å². The van der Waals surface area contributed by atoms with Crippen LogP contribution in [0.25, 0.3) is 5.57 Å². The first kappa shape index (κ1) is 25.3. The molecule has 0 amide bonds. The van der Waals surface area contributed by atoms with Crippen molar-refractivity contribution in [1.29, 1.82) is 0 Å². The van der Waals surface area contributed by atoms with Crippen LogP contribution < -0.4 is 0 Å². The molecule has 1 aromatic rings. The third-order valence-corrected chi connectivity index (χ3v) is 5.45.